The van der Waals surface area contributed by atoms with E-state index in [4.69, 9.17) is 5.73 Å². The van der Waals surface area contributed by atoms with Gasteiger partial charge in [0.25, 0.3) is 0 Å². The number of nitrogens with zero attached hydrogens (tertiary/aromatic N) is 1. The molecule has 1 aromatic rings. The van der Waals surface area contributed by atoms with E-state index in [1.165, 1.54) is 23.1 Å². The molecular formula is C10H12N2O3. The number of carbonyl (C=O) groups excluding carboxylic acids is 1. The van der Waals surface area contributed by atoms with E-state index in [1.54, 1.807) is 0 Å². The quantitative estimate of drug-likeness (QED) is 0.613. The van der Waals surface area contributed by atoms with Gasteiger partial charge in [-0.3, -0.25) is 4.79 Å². The second kappa shape index (κ2) is 3.43. The fraction of sp³-hybridized carbons (Fsp3) is 0.300. The fourth-order valence-corrected chi connectivity index (χ4v) is 1.72. The van der Waals surface area contributed by atoms with Crippen LogP contribution in [-0.2, 0) is 4.79 Å². The zero-order chi connectivity index (χ0) is 11.0. The minimum atomic E-state index is -0.179. The number of carbonyl (C=O) groups is 1. The zero-order valence-corrected chi connectivity index (χ0v) is 8.05. The van der Waals surface area contributed by atoms with Crippen LogP contribution >= 0.6 is 0 Å². The summed E-state index contributed by atoms with van der Waals surface area (Å²) >= 11 is 0. The van der Waals surface area contributed by atoms with E-state index in [0.717, 1.165) is 0 Å². The van der Waals surface area contributed by atoms with Crippen molar-refractivity contribution in [3.63, 3.8) is 0 Å². The lowest BCUT2D eigenvalue weighted by Gasteiger charge is -2.16. The average Bonchev–Trinajstić information content (AvgIpc) is 2.43. The maximum absolute atomic E-state index is 11.5. The third-order valence-electron chi connectivity index (χ3n) is 2.35. The van der Waals surface area contributed by atoms with Crippen LogP contribution in [0.4, 0.5) is 5.69 Å². The monoisotopic (exact) mass is 208 g/mol. The van der Waals surface area contributed by atoms with E-state index in [2.05, 4.69) is 0 Å². The van der Waals surface area contributed by atoms with Crippen molar-refractivity contribution < 1.29 is 15.0 Å². The second-order valence-electron chi connectivity index (χ2n) is 3.68. The van der Waals surface area contributed by atoms with Gasteiger partial charge in [0.05, 0.1) is 5.69 Å². The smallest absolute Gasteiger partial charge is 0.228 e. The Labute approximate surface area is 86.7 Å². The lowest BCUT2D eigenvalue weighted by atomic mass is 10.2. The summed E-state index contributed by atoms with van der Waals surface area (Å²) in [6.07, 6.45) is 0.302. The van der Waals surface area contributed by atoms with Crippen LogP contribution < -0.4 is 10.6 Å². The van der Waals surface area contributed by atoms with E-state index in [9.17, 15) is 15.0 Å². The van der Waals surface area contributed by atoms with Crippen molar-refractivity contribution in [1.29, 1.82) is 0 Å². The Morgan fingerprint density at radius 3 is 2.33 bits per heavy atom. The predicted molar refractivity (Wildman–Crippen MR) is 54.7 cm³/mol. The topological polar surface area (TPSA) is 86.8 Å². The summed E-state index contributed by atoms with van der Waals surface area (Å²) in [7, 11) is 0. The number of phenols is 2. The molecule has 1 aromatic carbocycles. The molecule has 1 atom stereocenters. The molecule has 1 aliphatic rings. The van der Waals surface area contributed by atoms with Crippen LogP contribution in [0.3, 0.4) is 0 Å². The highest BCUT2D eigenvalue weighted by Gasteiger charge is 2.28. The number of hydrogen-bond acceptors (Lipinski definition) is 4. The Bertz CT molecular complexity index is 385. The van der Waals surface area contributed by atoms with Gasteiger partial charge < -0.3 is 20.8 Å². The van der Waals surface area contributed by atoms with Gasteiger partial charge in [0, 0.05) is 37.2 Å². The van der Waals surface area contributed by atoms with Crippen LogP contribution in [0, 0.1) is 0 Å². The standard InChI is InChI=1S/C10H12N2O3/c11-6-1-10(15)12(5-6)7-2-8(13)4-9(14)3-7/h2-4,6,13-14H,1,5,11H2. The van der Waals surface area contributed by atoms with Gasteiger partial charge in [-0.25, -0.2) is 0 Å². The molecule has 1 fully saturated rings. The molecule has 0 aromatic heterocycles. The number of amides is 1. The van der Waals surface area contributed by atoms with Crippen molar-refractivity contribution in [2.24, 2.45) is 5.73 Å². The van der Waals surface area contributed by atoms with Crippen molar-refractivity contribution >= 4 is 11.6 Å². The summed E-state index contributed by atoms with van der Waals surface area (Å²) < 4.78 is 0. The van der Waals surface area contributed by atoms with Crippen LogP contribution in [0.15, 0.2) is 18.2 Å². The molecule has 1 aliphatic heterocycles. The van der Waals surface area contributed by atoms with Crippen molar-refractivity contribution in [1.82, 2.24) is 0 Å². The van der Waals surface area contributed by atoms with Crippen LogP contribution in [0.2, 0.25) is 0 Å². The van der Waals surface area contributed by atoms with Gasteiger partial charge >= 0.3 is 0 Å². The Balaban J connectivity index is 2.33. The molecule has 0 bridgehead atoms. The van der Waals surface area contributed by atoms with Gasteiger partial charge in [-0.1, -0.05) is 0 Å². The molecule has 0 radical (unpaired) electrons. The largest absolute Gasteiger partial charge is 0.508 e. The summed E-state index contributed by atoms with van der Waals surface area (Å²) in [5.41, 5.74) is 6.12. The van der Waals surface area contributed by atoms with Crippen molar-refractivity contribution in [2.75, 3.05) is 11.4 Å². The number of aromatic hydroxyl groups is 2. The minimum absolute atomic E-state index is 0.0710. The Kier molecular flexibility index (Phi) is 2.24. The normalized spacial score (nSPS) is 21.0. The van der Waals surface area contributed by atoms with E-state index < -0.39 is 0 Å². The van der Waals surface area contributed by atoms with Crippen LogP contribution in [0.1, 0.15) is 6.42 Å². The minimum Gasteiger partial charge on any atom is -0.508 e. The maximum atomic E-state index is 11.5. The van der Waals surface area contributed by atoms with Crippen molar-refractivity contribution in [3.05, 3.63) is 18.2 Å². The molecule has 1 unspecified atom stereocenters. The third-order valence-corrected chi connectivity index (χ3v) is 2.35. The Hall–Kier alpha value is -1.75. The first-order valence-corrected chi connectivity index (χ1v) is 4.65. The van der Waals surface area contributed by atoms with E-state index in [-0.39, 0.29) is 23.4 Å². The van der Waals surface area contributed by atoms with Crippen LogP contribution in [0.5, 0.6) is 11.5 Å². The summed E-state index contributed by atoms with van der Waals surface area (Å²) in [6, 6.07) is 3.89. The number of nitrogens with two attached hydrogens (primary N) is 1. The fourth-order valence-electron chi connectivity index (χ4n) is 1.72. The molecule has 80 valence electrons. The number of benzene rings is 1. The van der Waals surface area contributed by atoms with Gasteiger partial charge in [0.1, 0.15) is 11.5 Å². The first-order valence-electron chi connectivity index (χ1n) is 4.65. The molecule has 5 heteroatoms. The highest BCUT2D eigenvalue weighted by atomic mass is 16.3. The third kappa shape index (κ3) is 1.87. The van der Waals surface area contributed by atoms with Crippen LogP contribution in [0.25, 0.3) is 0 Å². The second-order valence-corrected chi connectivity index (χ2v) is 3.68. The van der Waals surface area contributed by atoms with E-state index >= 15 is 0 Å². The molecule has 4 N–H and O–H groups in total. The molecule has 1 saturated heterocycles. The van der Waals surface area contributed by atoms with Gasteiger partial charge in [0.2, 0.25) is 5.91 Å². The molecule has 5 nitrogen and oxygen atoms in total. The Morgan fingerprint density at radius 2 is 1.87 bits per heavy atom. The summed E-state index contributed by atoms with van der Waals surface area (Å²) in [6.45, 7) is 0.418. The highest BCUT2D eigenvalue weighted by Crippen LogP contribution is 2.29. The summed E-state index contributed by atoms with van der Waals surface area (Å²) in [5.74, 6) is -0.232. The predicted octanol–water partition coefficient (Wildman–Crippen LogP) is 0.162. The van der Waals surface area contributed by atoms with Crippen LogP contribution in [-0.4, -0.2) is 28.7 Å². The summed E-state index contributed by atoms with van der Waals surface area (Å²) in [5, 5.41) is 18.6. The number of rotatable bonds is 1. The van der Waals surface area contributed by atoms with Gasteiger partial charge in [-0.2, -0.15) is 0 Å². The summed E-state index contributed by atoms with van der Waals surface area (Å²) in [4.78, 5) is 13.0. The van der Waals surface area contributed by atoms with Crippen molar-refractivity contribution in [3.8, 4) is 11.5 Å². The highest BCUT2D eigenvalue weighted by molar-refractivity contribution is 5.96. The first-order chi connectivity index (χ1) is 7.06. The Morgan fingerprint density at radius 1 is 1.27 bits per heavy atom. The SMILES string of the molecule is NC1CC(=O)N(c2cc(O)cc(O)c2)C1. The number of phenolic OH excluding ortho intramolecular Hbond substituents is 2. The van der Waals surface area contributed by atoms with Gasteiger partial charge in [-0.05, 0) is 0 Å². The molecule has 0 aliphatic carbocycles. The lowest BCUT2D eigenvalue weighted by Crippen LogP contribution is -2.27. The first kappa shape index (κ1) is 9.79. The lowest BCUT2D eigenvalue weighted by molar-refractivity contribution is -0.117. The number of anilines is 1. The number of hydrogen-bond donors (Lipinski definition) is 3. The molecule has 0 spiro atoms. The molecule has 1 amide bonds. The zero-order valence-electron chi connectivity index (χ0n) is 8.05. The molecule has 2 rings (SSSR count). The van der Waals surface area contributed by atoms with E-state index in [1.807, 2.05) is 0 Å². The average molecular weight is 208 g/mol. The molecule has 1 heterocycles. The van der Waals surface area contributed by atoms with Gasteiger partial charge in [-0.15, -0.1) is 0 Å². The molecule has 15 heavy (non-hydrogen) atoms. The van der Waals surface area contributed by atoms with Crippen molar-refractivity contribution in [2.45, 2.75) is 12.5 Å². The maximum Gasteiger partial charge on any atom is 0.228 e. The molecule has 0 saturated carbocycles. The molecular weight excluding hydrogens is 196 g/mol. The van der Waals surface area contributed by atoms with Gasteiger partial charge in [0.15, 0.2) is 0 Å². The van der Waals surface area contributed by atoms with E-state index in [0.29, 0.717) is 18.7 Å².